The Morgan fingerprint density at radius 1 is 1.08 bits per heavy atom. The number of aromatic nitrogens is 5. The van der Waals surface area contributed by atoms with Crippen LogP contribution in [0.25, 0.3) is 11.0 Å². The van der Waals surface area contributed by atoms with Crippen LogP contribution in [0.15, 0.2) is 71.3 Å². The lowest BCUT2D eigenvalue weighted by atomic mass is 10.2. The summed E-state index contributed by atoms with van der Waals surface area (Å²) >= 11 is 7.46. The first kappa shape index (κ1) is 16.7. The van der Waals surface area contributed by atoms with Crippen LogP contribution in [0.5, 0.6) is 0 Å². The highest BCUT2D eigenvalue weighted by atomic mass is 35.5. The highest BCUT2D eigenvalue weighted by Crippen LogP contribution is 2.21. The third kappa shape index (κ3) is 3.89. The van der Waals surface area contributed by atoms with E-state index in [2.05, 4.69) is 25.3 Å². The zero-order valence-corrected chi connectivity index (χ0v) is 15.1. The second-order valence-electron chi connectivity index (χ2n) is 5.40. The average Bonchev–Trinajstić information content (AvgIpc) is 3.13. The van der Waals surface area contributed by atoms with Crippen molar-refractivity contribution in [2.24, 2.45) is 5.10 Å². The summed E-state index contributed by atoms with van der Waals surface area (Å²) in [5.41, 5.74) is 3.51. The summed E-state index contributed by atoms with van der Waals surface area (Å²) in [6.45, 7) is 0. The molecular weight excluding hydrogens is 368 g/mol. The Bertz CT molecular complexity index is 1060. The molecule has 2 aromatic heterocycles. The van der Waals surface area contributed by atoms with Crippen molar-refractivity contribution in [3.8, 4) is 0 Å². The maximum Gasteiger partial charge on any atom is 0.212 e. The van der Waals surface area contributed by atoms with Gasteiger partial charge in [0.05, 0.1) is 23.4 Å². The van der Waals surface area contributed by atoms with Gasteiger partial charge in [0.2, 0.25) is 5.16 Å². The van der Waals surface area contributed by atoms with Crippen molar-refractivity contribution >= 4 is 40.6 Å². The van der Waals surface area contributed by atoms with Crippen LogP contribution in [0.3, 0.4) is 0 Å². The summed E-state index contributed by atoms with van der Waals surface area (Å²) in [4.78, 5) is 8.90. The highest BCUT2D eigenvalue weighted by Gasteiger charge is 2.05. The Balaban J connectivity index is 1.48. The van der Waals surface area contributed by atoms with Gasteiger partial charge in [0.1, 0.15) is 12.0 Å². The lowest BCUT2D eigenvalue weighted by molar-refractivity contribution is 0.766. The lowest BCUT2D eigenvalue weighted by Gasteiger charge is -2.02. The summed E-state index contributed by atoms with van der Waals surface area (Å²) < 4.78 is 1.62. The zero-order chi connectivity index (χ0) is 17.8. The molecule has 0 saturated carbocycles. The van der Waals surface area contributed by atoms with Gasteiger partial charge in [-0.15, -0.1) is 10.2 Å². The van der Waals surface area contributed by atoms with E-state index < -0.39 is 0 Å². The van der Waals surface area contributed by atoms with Gasteiger partial charge in [-0.2, -0.15) is 9.78 Å². The van der Waals surface area contributed by atoms with E-state index in [1.54, 1.807) is 35.2 Å². The third-order valence-electron chi connectivity index (χ3n) is 3.56. The number of hydrogen-bond acceptors (Lipinski definition) is 6. The number of thioether (sulfide) groups is 1. The van der Waals surface area contributed by atoms with E-state index in [0.29, 0.717) is 10.9 Å². The van der Waals surface area contributed by atoms with E-state index in [1.807, 2.05) is 48.5 Å². The number of nitrogens with zero attached hydrogens (tertiary/aromatic N) is 6. The monoisotopic (exact) mass is 380 g/mol. The summed E-state index contributed by atoms with van der Waals surface area (Å²) in [5, 5.41) is 13.9. The smallest absolute Gasteiger partial charge is 0.212 e. The Kier molecular flexibility index (Phi) is 4.90. The van der Waals surface area contributed by atoms with Crippen molar-refractivity contribution < 1.29 is 0 Å². The second kappa shape index (κ2) is 7.63. The molecule has 0 amide bonds. The van der Waals surface area contributed by atoms with Crippen LogP contribution in [0, 0.1) is 0 Å². The molecule has 0 aliphatic carbocycles. The SMILES string of the molecule is Clc1ccc(CSc2nncn2/N=C\c2cnc3ccccc3n2)cc1. The molecule has 0 aliphatic heterocycles. The number of benzene rings is 2. The molecule has 0 bridgehead atoms. The normalized spacial score (nSPS) is 11.4. The maximum absolute atomic E-state index is 5.91. The van der Waals surface area contributed by atoms with Crippen LogP contribution in [0.4, 0.5) is 0 Å². The van der Waals surface area contributed by atoms with Crippen LogP contribution in [0.1, 0.15) is 11.3 Å². The first-order valence-corrected chi connectivity index (χ1v) is 9.18. The largest absolute Gasteiger partial charge is 0.252 e. The molecular formula is C18H13ClN6S. The molecule has 0 aliphatic rings. The van der Waals surface area contributed by atoms with E-state index in [9.17, 15) is 0 Å². The fraction of sp³-hybridized carbons (Fsp3) is 0.0556. The van der Waals surface area contributed by atoms with Gasteiger partial charge in [0.15, 0.2) is 0 Å². The Morgan fingerprint density at radius 2 is 1.88 bits per heavy atom. The molecule has 4 aromatic rings. The fourth-order valence-electron chi connectivity index (χ4n) is 2.28. The molecule has 6 nitrogen and oxygen atoms in total. The van der Waals surface area contributed by atoms with Gasteiger partial charge >= 0.3 is 0 Å². The van der Waals surface area contributed by atoms with Crippen molar-refractivity contribution in [3.05, 3.63) is 77.3 Å². The number of hydrogen-bond donors (Lipinski definition) is 0. The van der Waals surface area contributed by atoms with Crippen molar-refractivity contribution in [2.45, 2.75) is 10.9 Å². The predicted octanol–water partition coefficient (Wildman–Crippen LogP) is 4.05. The molecule has 2 heterocycles. The first-order chi connectivity index (χ1) is 12.8. The average molecular weight is 381 g/mol. The van der Waals surface area contributed by atoms with Crippen molar-refractivity contribution in [3.63, 3.8) is 0 Å². The Hall–Kier alpha value is -2.77. The summed E-state index contributed by atoms with van der Waals surface area (Å²) in [5.74, 6) is 0.751. The van der Waals surface area contributed by atoms with E-state index in [-0.39, 0.29) is 0 Å². The molecule has 2 aromatic carbocycles. The highest BCUT2D eigenvalue weighted by molar-refractivity contribution is 7.98. The molecule has 26 heavy (non-hydrogen) atoms. The van der Waals surface area contributed by atoms with E-state index in [0.717, 1.165) is 27.4 Å². The molecule has 128 valence electrons. The number of fused-ring (bicyclic) bond motifs is 1. The quantitative estimate of drug-likeness (QED) is 0.386. The fourth-order valence-corrected chi connectivity index (χ4v) is 3.22. The second-order valence-corrected chi connectivity index (χ2v) is 6.78. The molecule has 0 atom stereocenters. The van der Waals surface area contributed by atoms with Gasteiger partial charge in [-0.05, 0) is 29.8 Å². The molecule has 0 radical (unpaired) electrons. The number of para-hydroxylation sites is 2. The van der Waals surface area contributed by atoms with Gasteiger partial charge in [-0.3, -0.25) is 4.98 Å². The molecule has 0 unspecified atom stereocenters. The van der Waals surface area contributed by atoms with Crippen molar-refractivity contribution in [2.75, 3.05) is 0 Å². The minimum absolute atomic E-state index is 0.672. The lowest BCUT2D eigenvalue weighted by Crippen LogP contribution is -1.95. The topological polar surface area (TPSA) is 68.8 Å². The summed E-state index contributed by atoms with van der Waals surface area (Å²) in [7, 11) is 0. The number of rotatable bonds is 5. The van der Waals surface area contributed by atoms with Gasteiger partial charge in [-0.1, -0.05) is 47.6 Å². The molecule has 0 spiro atoms. The van der Waals surface area contributed by atoms with Crippen LogP contribution < -0.4 is 0 Å². The molecule has 0 N–H and O–H groups in total. The molecule has 0 saturated heterocycles. The summed E-state index contributed by atoms with van der Waals surface area (Å²) in [6, 6.07) is 15.4. The Morgan fingerprint density at radius 3 is 2.73 bits per heavy atom. The van der Waals surface area contributed by atoms with Crippen LogP contribution >= 0.6 is 23.4 Å². The van der Waals surface area contributed by atoms with E-state index >= 15 is 0 Å². The van der Waals surface area contributed by atoms with Gasteiger partial charge < -0.3 is 0 Å². The summed E-state index contributed by atoms with van der Waals surface area (Å²) in [6.07, 6.45) is 4.90. The minimum atomic E-state index is 0.672. The van der Waals surface area contributed by atoms with Crippen LogP contribution in [0.2, 0.25) is 5.02 Å². The van der Waals surface area contributed by atoms with Gasteiger partial charge in [-0.25, -0.2) is 4.98 Å². The van der Waals surface area contributed by atoms with Crippen molar-refractivity contribution in [1.29, 1.82) is 0 Å². The van der Waals surface area contributed by atoms with Crippen LogP contribution in [-0.4, -0.2) is 31.1 Å². The molecule has 8 heteroatoms. The van der Waals surface area contributed by atoms with E-state index in [4.69, 9.17) is 11.6 Å². The van der Waals surface area contributed by atoms with Gasteiger partial charge in [0, 0.05) is 10.8 Å². The maximum atomic E-state index is 5.91. The van der Waals surface area contributed by atoms with Gasteiger partial charge in [0.25, 0.3) is 0 Å². The standard InChI is InChI=1S/C18H13ClN6S/c19-14-7-5-13(6-8-14)11-26-18-24-21-12-25(18)22-10-15-9-20-16-3-1-2-4-17(16)23-15/h1-10,12H,11H2/b22-10-. The third-order valence-corrected chi connectivity index (χ3v) is 4.82. The zero-order valence-electron chi connectivity index (χ0n) is 13.5. The molecule has 4 rings (SSSR count). The van der Waals surface area contributed by atoms with Crippen molar-refractivity contribution in [1.82, 2.24) is 24.8 Å². The first-order valence-electron chi connectivity index (χ1n) is 7.81. The minimum Gasteiger partial charge on any atom is -0.252 e. The van der Waals surface area contributed by atoms with Crippen LogP contribution in [-0.2, 0) is 5.75 Å². The predicted molar refractivity (Wildman–Crippen MR) is 104 cm³/mol. The Labute approximate surface area is 159 Å². The molecule has 0 fully saturated rings. The van der Waals surface area contributed by atoms with E-state index in [1.165, 1.54) is 0 Å². The number of halogens is 1.